The number of nitrogens with zero attached hydrogens (tertiary/aromatic N) is 1. The van der Waals surface area contributed by atoms with E-state index in [1.54, 1.807) is 13.3 Å². The largest absolute Gasteiger partial charge is 0.481 e. The fourth-order valence-electron chi connectivity index (χ4n) is 2.96. The number of methoxy groups -OCH3 is 1. The third kappa shape index (κ3) is 2.41. The van der Waals surface area contributed by atoms with Crippen LogP contribution in [-0.2, 0) is 6.42 Å². The Hall–Kier alpha value is -1.87. The van der Waals surface area contributed by atoms with E-state index < -0.39 is 0 Å². The zero-order valence-electron chi connectivity index (χ0n) is 12.0. The molecule has 3 heteroatoms. The van der Waals surface area contributed by atoms with Crippen molar-refractivity contribution in [1.29, 1.82) is 0 Å². The molecule has 0 radical (unpaired) electrons. The normalized spacial score (nSPS) is 17.0. The first-order valence-corrected chi connectivity index (χ1v) is 7.18. The van der Waals surface area contributed by atoms with Gasteiger partial charge in [0.15, 0.2) is 0 Å². The Morgan fingerprint density at radius 3 is 2.90 bits per heavy atom. The van der Waals surface area contributed by atoms with Crippen LogP contribution in [-0.4, -0.2) is 18.6 Å². The van der Waals surface area contributed by atoms with Gasteiger partial charge in [0.25, 0.3) is 0 Å². The number of aromatic nitrogens is 1. The third-order valence-corrected chi connectivity index (χ3v) is 3.95. The van der Waals surface area contributed by atoms with Gasteiger partial charge in [0.1, 0.15) is 0 Å². The van der Waals surface area contributed by atoms with E-state index in [-0.39, 0.29) is 0 Å². The minimum Gasteiger partial charge on any atom is -0.481 e. The van der Waals surface area contributed by atoms with Crippen molar-refractivity contribution in [1.82, 2.24) is 10.3 Å². The molecule has 1 atom stereocenters. The van der Waals surface area contributed by atoms with Crippen molar-refractivity contribution >= 4 is 0 Å². The Balaban J connectivity index is 1.93. The van der Waals surface area contributed by atoms with E-state index in [1.165, 1.54) is 23.1 Å². The predicted octanol–water partition coefficient (Wildman–Crippen LogP) is 3.35. The van der Waals surface area contributed by atoms with Crippen molar-refractivity contribution in [2.75, 3.05) is 13.7 Å². The van der Waals surface area contributed by atoms with Gasteiger partial charge in [-0.15, -0.1) is 0 Å². The lowest BCUT2D eigenvalue weighted by molar-refractivity contribution is 0.398. The molecule has 20 heavy (non-hydrogen) atoms. The van der Waals surface area contributed by atoms with Gasteiger partial charge in [-0.25, -0.2) is 4.98 Å². The highest BCUT2D eigenvalue weighted by Crippen LogP contribution is 2.34. The minimum absolute atomic E-state index is 0.524. The smallest absolute Gasteiger partial charge is 0.213 e. The minimum atomic E-state index is 0.524. The predicted molar refractivity (Wildman–Crippen MR) is 81.0 cm³/mol. The van der Waals surface area contributed by atoms with Crippen LogP contribution in [0.4, 0.5) is 0 Å². The van der Waals surface area contributed by atoms with Crippen molar-refractivity contribution in [3.05, 3.63) is 47.7 Å². The van der Waals surface area contributed by atoms with Crippen LogP contribution >= 0.6 is 0 Å². The summed E-state index contributed by atoms with van der Waals surface area (Å²) in [6.07, 6.45) is 4.15. The molecule has 0 saturated carbocycles. The molecule has 3 rings (SSSR count). The Morgan fingerprint density at radius 1 is 1.25 bits per heavy atom. The van der Waals surface area contributed by atoms with Crippen LogP contribution in [0.15, 0.2) is 36.5 Å². The van der Waals surface area contributed by atoms with Gasteiger partial charge in [-0.05, 0) is 47.7 Å². The first kappa shape index (κ1) is 13.1. The Bertz CT molecular complexity index is 610. The van der Waals surface area contributed by atoms with E-state index in [9.17, 15) is 0 Å². The monoisotopic (exact) mass is 268 g/mol. The number of fused-ring (bicyclic) bond motifs is 1. The van der Waals surface area contributed by atoms with E-state index in [2.05, 4.69) is 35.4 Å². The molecular weight excluding hydrogens is 248 g/mol. The first-order chi connectivity index (χ1) is 9.81. The lowest BCUT2D eigenvalue weighted by Gasteiger charge is -2.13. The molecule has 1 N–H and O–H groups in total. The van der Waals surface area contributed by atoms with Crippen molar-refractivity contribution in [3.63, 3.8) is 0 Å². The number of ether oxygens (including phenoxy) is 1. The molecule has 0 fully saturated rings. The maximum Gasteiger partial charge on any atom is 0.213 e. The molecule has 0 amide bonds. The number of aryl methyl sites for hydroxylation is 1. The van der Waals surface area contributed by atoms with Crippen LogP contribution in [0.25, 0.3) is 11.1 Å². The standard InChI is InChI=1S/C17H20N2O/c1-3-18-16-7-5-14-10-12(4-6-15(14)16)13-8-9-19-17(11-13)20-2/h4,6,8-11,16,18H,3,5,7H2,1-2H3. The van der Waals surface area contributed by atoms with E-state index in [0.29, 0.717) is 11.9 Å². The second-order valence-corrected chi connectivity index (χ2v) is 5.15. The van der Waals surface area contributed by atoms with Crippen LogP contribution < -0.4 is 10.1 Å². The topological polar surface area (TPSA) is 34.2 Å². The molecule has 2 aromatic rings. The van der Waals surface area contributed by atoms with Gasteiger partial charge >= 0.3 is 0 Å². The van der Waals surface area contributed by atoms with Gasteiger partial charge in [0, 0.05) is 18.3 Å². The summed E-state index contributed by atoms with van der Waals surface area (Å²) in [4.78, 5) is 4.16. The molecule has 1 aromatic heterocycles. The van der Waals surface area contributed by atoms with Gasteiger partial charge in [-0.3, -0.25) is 0 Å². The van der Waals surface area contributed by atoms with Crippen LogP contribution in [0.5, 0.6) is 5.88 Å². The summed E-state index contributed by atoms with van der Waals surface area (Å²) in [6, 6.07) is 11.3. The number of nitrogens with one attached hydrogen (secondary N) is 1. The maximum atomic E-state index is 5.20. The number of hydrogen-bond donors (Lipinski definition) is 1. The Morgan fingerprint density at radius 2 is 2.10 bits per heavy atom. The Kier molecular flexibility index (Phi) is 3.70. The van der Waals surface area contributed by atoms with Crippen molar-refractivity contribution in [3.8, 4) is 17.0 Å². The fourth-order valence-corrected chi connectivity index (χ4v) is 2.96. The summed E-state index contributed by atoms with van der Waals surface area (Å²) in [6.45, 7) is 3.18. The van der Waals surface area contributed by atoms with Gasteiger partial charge in [0.05, 0.1) is 7.11 Å². The second-order valence-electron chi connectivity index (χ2n) is 5.15. The maximum absolute atomic E-state index is 5.20. The zero-order chi connectivity index (χ0) is 13.9. The Labute approximate surface area is 120 Å². The average molecular weight is 268 g/mol. The summed E-state index contributed by atoms with van der Waals surface area (Å²) in [5.41, 5.74) is 5.31. The highest BCUT2D eigenvalue weighted by atomic mass is 16.5. The molecule has 1 aromatic carbocycles. The van der Waals surface area contributed by atoms with Gasteiger partial charge in [-0.2, -0.15) is 0 Å². The molecule has 1 unspecified atom stereocenters. The fraction of sp³-hybridized carbons (Fsp3) is 0.353. The lowest BCUT2D eigenvalue weighted by atomic mass is 10.0. The molecule has 0 bridgehead atoms. The number of hydrogen-bond acceptors (Lipinski definition) is 3. The average Bonchev–Trinajstić information content (AvgIpc) is 2.90. The summed E-state index contributed by atoms with van der Waals surface area (Å²) in [5, 5.41) is 3.55. The molecule has 1 heterocycles. The number of rotatable bonds is 4. The third-order valence-electron chi connectivity index (χ3n) is 3.95. The van der Waals surface area contributed by atoms with Crippen molar-refractivity contribution in [2.24, 2.45) is 0 Å². The van der Waals surface area contributed by atoms with E-state index in [1.807, 2.05) is 12.1 Å². The quantitative estimate of drug-likeness (QED) is 0.923. The highest BCUT2D eigenvalue weighted by molar-refractivity contribution is 5.66. The molecular formula is C17H20N2O. The van der Waals surface area contributed by atoms with Gasteiger partial charge < -0.3 is 10.1 Å². The van der Waals surface area contributed by atoms with Crippen molar-refractivity contribution in [2.45, 2.75) is 25.8 Å². The van der Waals surface area contributed by atoms with E-state index in [4.69, 9.17) is 4.74 Å². The van der Waals surface area contributed by atoms with Crippen LogP contribution in [0.1, 0.15) is 30.5 Å². The zero-order valence-corrected chi connectivity index (χ0v) is 12.0. The first-order valence-electron chi connectivity index (χ1n) is 7.18. The van der Waals surface area contributed by atoms with Gasteiger partial charge in [0.2, 0.25) is 5.88 Å². The molecule has 0 saturated heterocycles. The van der Waals surface area contributed by atoms with Crippen molar-refractivity contribution < 1.29 is 4.74 Å². The number of pyridine rings is 1. The number of benzene rings is 1. The van der Waals surface area contributed by atoms with Crippen LogP contribution in [0.2, 0.25) is 0 Å². The molecule has 1 aliphatic rings. The van der Waals surface area contributed by atoms with E-state index >= 15 is 0 Å². The summed E-state index contributed by atoms with van der Waals surface area (Å²) < 4.78 is 5.20. The summed E-state index contributed by atoms with van der Waals surface area (Å²) in [7, 11) is 1.65. The SMILES string of the molecule is CCNC1CCc2cc(-c3ccnc(OC)c3)ccc21. The summed E-state index contributed by atoms with van der Waals surface area (Å²) in [5.74, 6) is 0.661. The van der Waals surface area contributed by atoms with Crippen LogP contribution in [0, 0.1) is 0 Å². The highest BCUT2D eigenvalue weighted by Gasteiger charge is 2.21. The van der Waals surface area contributed by atoms with E-state index in [0.717, 1.165) is 18.5 Å². The van der Waals surface area contributed by atoms with Crippen LogP contribution in [0.3, 0.4) is 0 Å². The molecule has 3 nitrogen and oxygen atoms in total. The van der Waals surface area contributed by atoms with Gasteiger partial charge in [-0.1, -0.05) is 25.1 Å². The second kappa shape index (κ2) is 5.63. The summed E-state index contributed by atoms with van der Waals surface area (Å²) >= 11 is 0. The molecule has 104 valence electrons. The molecule has 1 aliphatic carbocycles. The molecule has 0 aliphatic heterocycles. The molecule has 0 spiro atoms. The lowest BCUT2D eigenvalue weighted by Crippen LogP contribution is -2.18.